The molecule has 2 saturated heterocycles. The number of esters is 1. The van der Waals surface area contributed by atoms with Crippen molar-refractivity contribution >= 4 is 33.3 Å². The number of amides is 1. The fraction of sp³-hybridized carbons (Fsp3) is 0.824. The highest BCUT2D eigenvalue weighted by atomic mass is 16.5. The van der Waals surface area contributed by atoms with Gasteiger partial charge in [-0.05, 0) is 50.3 Å². The van der Waals surface area contributed by atoms with Crippen molar-refractivity contribution in [3.63, 3.8) is 0 Å². The average Bonchev–Trinajstić information content (AvgIpc) is 3.23. The smallest absolute Gasteiger partial charge is 0.323 e. The lowest BCUT2D eigenvalue weighted by Gasteiger charge is -2.47. The van der Waals surface area contributed by atoms with Gasteiger partial charge in [0.1, 0.15) is 19.2 Å². The highest BCUT2D eigenvalue weighted by molar-refractivity contribution is 6.72. The number of nitrogens with one attached hydrogen (secondary N) is 2. The predicted octanol–water partition coefficient (Wildman–Crippen LogP) is -0.968. The lowest BCUT2D eigenvalue weighted by atomic mass is 9.60. The zero-order chi connectivity index (χ0) is 20.9. The molecule has 153 valence electrons. The molecule has 1 saturated carbocycles. The number of hydrazine groups is 1. The third-order valence-electron chi connectivity index (χ3n) is 6.07. The molecule has 3 rings (SSSR count). The van der Waals surface area contributed by atoms with Crippen LogP contribution in [-0.4, -0.2) is 50.8 Å². The zero-order valence-corrected chi connectivity index (χ0v) is 16.7. The fourth-order valence-corrected chi connectivity index (χ4v) is 4.82. The molecular formula is C17H31B2N6O3. The number of piperidine rings is 1. The van der Waals surface area contributed by atoms with Crippen molar-refractivity contribution < 1.29 is 14.3 Å². The molecule has 1 aliphatic carbocycles. The molecule has 0 bridgehead atoms. The number of hydrogen-bond acceptors (Lipinski definition) is 7. The number of amidine groups is 1. The first-order valence-electron chi connectivity index (χ1n) is 9.78. The third kappa shape index (κ3) is 4.81. The number of nitrogens with two attached hydrogens (primary N) is 3. The summed E-state index contributed by atoms with van der Waals surface area (Å²) in [5.74, 6) is 6.47. The molecule has 3 radical (unpaired) electrons. The van der Waals surface area contributed by atoms with E-state index in [2.05, 4.69) is 29.0 Å². The van der Waals surface area contributed by atoms with Crippen molar-refractivity contribution in [2.75, 3.05) is 0 Å². The number of rotatable bonds is 6. The Morgan fingerprint density at radius 2 is 2.18 bits per heavy atom. The Bertz CT molecular complexity index is 607. The molecule has 3 aliphatic rings. The number of nitrogens with zero attached hydrogens (tertiary/aromatic N) is 1. The molecule has 0 aromatic rings. The highest BCUT2D eigenvalue weighted by Gasteiger charge is 2.71. The summed E-state index contributed by atoms with van der Waals surface area (Å²) in [6.45, 7) is 3.73. The standard InChI is InChI=1S/C16H28B2N5O2.CH3NO/c1-9(2)25-14(24)12-8-11-7-10(3-4-13(19)22-23-20)5-6-15(11)16(17,18-15)21-12;2-1-3/h9-12,21,23H,3-8,20H2,1-2H3,(H2,19,22);1H,(H2,2,3). The summed E-state index contributed by atoms with van der Waals surface area (Å²) < 4.78 is 5.39. The lowest BCUT2D eigenvalue weighted by molar-refractivity contribution is -0.151. The molecule has 5 unspecified atom stereocenters. The van der Waals surface area contributed by atoms with Crippen LogP contribution in [0, 0.1) is 11.8 Å². The first-order valence-corrected chi connectivity index (χ1v) is 9.78. The van der Waals surface area contributed by atoms with Crippen LogP contribution in [0.15, 0.2) is 5.10 Å². The number of primary amides is 1. The van der Waals surface area contributed by atoms with Gasteiger partial charge in [-0.15, -0.1) is 0 Å². The normalized spacial score (nSPS) is 36.0. The van der Waals surface area contributed by atoms with Crippen LogP contribution in [0.1, 0.15) is 52.4 Å². The fourth-order valence-electron chi connectivity index (χ4n) is 4.82. The number of hydrazone groups is 1. The Kier molecular flexibility index (Phi) is 7.39. The van der Waals surface area contributed by atoms with E-state index in [1.807, 2.05) is 13.8 Å². The van der Waals surface area contributed by atoms with Crippen LogP contribution in [0.3, 0.4) is 0 Å². The molecule has 9 nitrogen and oxygen atoms in total. The van der Waals surface area contributed by atoms with Gasteiger partial charge in [0.2, 0.25) is 6.41 Å². The maximum absolute atomic E-state index is 12.4. The predicted molar refractivity (Wildman–Crippen MR) is 109 cm³/mol. The molecular weight excluding hydrogens is 358 g/mol. The zero-order valence-electron chi connectivity index (χ0n) is 16.7. The molecule has 5 atom stereocenters. The van der Waals surface area contributed by atoms with E-state index in [4.69, 9.17) is 29.0 Å². The molecule has 0 aromatic carbocycles. The quantitative estimate of drug-likeness (QED) is 0.0744. The Labute approximate surface area is 168 Å². The van der Waals surface area contributed by atoms with E-state index in [9.17, 15) is 4.79 Å². The van der Waals surface area contributed by atoms with E-state index in [-0.39, 0.29) is 29.8 Å². The Morgan fingerprint density at radius 1 is 1.50 bits per heavy atom. The average molecular weight is 389 g/mol. The monoisotopic (exact) mass is 389 g/mol. The van der Waals surface area contributed by atoms with Gasteiger partial charge in [-0.2, -0.15) is 5.10 Å². The van der Waals surface area contributed by atoms with Gasteiger partial charge >= 0.3 is 5.97 Å². The molecule has 28 heavy (non-hydrogen) atoms. The van der Waals surface area contributed by atoms with E-state index >= 15 is 0 Å². The van der Waals surface area contributed by atoms with Crippen molar-refractivity contribution in [3.8, 4) is 0 Å². The van der Waals surface area contributed by atoms with E-state index in [1.165, 1.54) is 0 Å². The summed E-state index contributed by atoms with van der Waals surface area (Å²) in [5, 5.41) is 6.66. The number of carbonyl (C=O) groups excluding carboxylic acids is 2. The number of hydrogen-bond donors (Lipinski definition) is 5. The maximum atomic E-state index is 12.4. The molecule has 2 heterocycles. The van der Waals surface area contributed by atoms with Gasteiger partial charge in [-0.1, -0.05) is 18.2 Å². The van der Waals surface area contributed by atoms with Gasteiger partial charge in [-0.3, -0.25) is 9.59 Å². The van der Waals surface area contributed by atoms with Crippen LogP contribution in [0.2, 0.25) is 5.31 Å². The second-order valence-electron chi connectivity index (χ2n) is 8.22. The van der Waals surface area contributed by atoms with Crippen molar-refractivity contribution in [2.45, 2.75) is 75.2 Å². The minimum Gasteiger partial charge on any atom is -0.462 e. The highest BCUT2D eigenvalue weighted by Crippen LogP contribution is 2.69. The summed E-state index contributed by atoms with van der Waals surface area (Å²) in [4.78, 5) is 20.9. The maximum Gasteiger partial charge on any atom is 0.323 e. The van der Waals surface area contributed by atoms with E-state index in [0.717, 1.165) is 38.5 Å². The molecule has 1 spiro atoms. The van der Waals surface area contributed by atoms with Gasteiger partial charge in [0.25, 0.3) is 0 Å². The van der Waals surface area contributed by atoms with E-state index in [0.29, 0.717) is 17.7 Å². The third-order valence-corrected chi connectivity index (χ3v) is 6.07. The van der Waals surface area contributed by atoms with E-state index < -0.39 is 5.34 Å². The molecule has 2 aliphatic heterocycles. The van der Waals surface area contributed by atoms with Crippen LogP contribution in [0.25, 0.3) is 0 Å². The van der Waals surface area contributed by atoms with Crippen LogP contribution in [0.5, 0.6) is 0 Å². The van der Waals surface area contributed by atoms with Gasteiger partial charge in [0.15, 0.2) is 0 Å². The van der Waals surface area contributed by atoms with Gasteiger partial charge in [0.05, 0.1) is 14.0 Å². The number of carbonyl (C=O) groups is 2. The summed E-state index contributed by atoms with van der Waals surface area (Å²) in [6, 6.07) is -0.323. The molecule has 8 N–H and O–H groups in total. The van der Waals surface area contributed by atoms with Crippen LogP contribution >= 0.6 is 0 Å². The van der Waals surface area contributed by atoms with Crippen molar-refractivity contribution in [2.24, 2.45) is 34.2 Å². The second kappa shape index (κ2) is 9.17. The summed E-state index contributed by atoms with van der Waals surface area (Å²) in [7, 11) is 8.73. The minimum absolute atomic E-state index is 0.0383. The summed E-state index contributed by atoms with van der Waals surface area (Å²) in [6.07, 6.45) is 5.87. The molecule has 11 heteroatoms. The van der Waals surface area contributed by atoms with Gasteiger partial charge < -0.3 is 21.5 Å². The molecule has 1 amide bonds. The van der Waals surface area contributed by atoms with Crippen LogP contribution in [-0.2, 0) is 14.3 Å². The van der Waals surface area contributed by atoms with E-state index in [1.54, 1.807) is 0 Å². The SMILES string of the molecule is NC=O.[B]C12[B]C13CCC(CC/C(N)=N/NN)CC3CC(C(=O)OC(C)C)N2. The lowest BCUT2D eigenvalue weighted by Crippen LogP contribution is -2.55. The Hall–Kier alpha value is -1.74. The largest absolute Gasteiger partial charge is 0.462 e. The van der Waals surface area contributed by atoms with Crippen molar-refractivity contribution in [1.82, 2.24) is 10.9 Å². The van der Waals surface area contributed by atoms with Crippen LogP contribution < -0.4 is 28.2 Å². The van der Waals surface area contributed by atoms with Gasteiger partial charge in [0, 0.05) is 6.42 Å². The first-order chi connectivity index (χ1) is 13.2. The Balaban J connectivity index is 0.000000878. The summed E-state index contributed by atoms with van der Waals surface area (Å²) >= 11 is 0. The summed E-state index contributed by atoms with van der Waals surface area (Å²) in [5.41, 5.74) is 12.2. The molecule has 0 aromatic heterocycles. The van der Waals surface area contributed by atoms with Crippen molar-refractivity contribution in [1.29, 1.82) is 0 Å². The molecule has 3 fully saturated rings. The Morgan fingerprint density at radius 3 is 2.79 bits per heavy atom. The topological polar surface area (TPSA) is 158 Å². The second-order valence-corrected chi connectivity index (χ2v) is 8.22. The number of ether oxygens (including phenoxy) is 1. The van der Waals surface area contributed by atoms with Crippen LogP contribution in [0.4, 0.5) is 0 Å². The minimum atomic E-state index is -0.522. The first kappa shape index (κ1) is 22.5. The van der Waals surface area contributed by atoms with Crippen molar-refractivity contribution in [3.05, 3.63) is 0 Å². The van der Waals surface area contributed by atoms with Gasteiger partial charge in [-0.25, -0.2) is 11.4 Å².